The van der Waals surface area contributed by atoms with E-state index in [-0.39, 0.29) is 22.8 Å². The summed E-state index contributed by atoms with van der Waals surface area (Å²) in [6, 6.07) is 13.4. The zero-order valence-electron chi connectivity index (χ0n) is 10.6. The lowest BCUT2D eigenvalue weighted by Crippen LogP contribution is -3.00. The van der Waals surface area contributed by atoms with Gasteiger partial charge in [-0.3, -0.25) is 4.79 Å². The Bertz CT molecular complexity index is 537. The minimum absolute atomic E-state index is 0. The molecule has 2 aromatic rings. The van der Waals surface area contributed by atoms with Gasteiger partial charge < -0.3 is 17.0 Å². The van der Waals surface area contributed by atoms with Crippen LogP contribution in [0.4, 0.5) is 0 Å². The fourth-order valence-corrected chi connectivity index (χ4v) is 1.79. The molecule has 0 saturated heterocycles. The Morgan fingerprint density at radius 1 is 1.06 bits per heavy atom. The topological polar surface area (TPSA) is 20.9 Å². The minimum atomic E-state index is 0. The average molecular weight is 306 g/mol. The van der Waals surface area contributed by atoms with Crippen molar-refractivity contribution in [2.75, 3.05) is 0 Å². The summed E-state index contributed by atoms with van der Waals surface area (Å²) in [5.74, 6) is 0.143. The fraction of sp³-hybridized carbons (Fsp3) is 0.200. The van der Waals surface area contributed by atoms with Crippen LogP contribution in [0.15, 0.2) is 48.7 Å². The van der Waals surface area contributed by atoms with E-state index in [0.717, 1.165) is 11.3 Å². The van der Waals surface area contributed by atoms with Crippen molar-refractivity contribution < 1.29 is 26.3 Å². The summed E-state index contributed by atoms with van der Waals surface area (Å²) in [6.45, 7) is 4.49. The van der Waals surface area contributed by atoms with Crippen molar-refractivity contribution in [1.82, 2.24) is 0 Å². The van der Waals surface area contributed by atoms with Gasteiger partial charge in [-0.15, -0.1) is 0 Å². The predicted octanol–water partition coefficient (Wildman–Crippen LogP) is -0.522. The molecule has 0 atom stereocenters. The zero-order valence-corrected chi connectivity index (χ0v) is 12.1. The van der Waals surface area contributed by atoms with Crippen LogP contribution in [-0.4, -0.2) is 5.78 Å². The van der Waals surface area contributed by atoms with Crippen molar-refractivity contribution >= 4 is 5.78 Å². The van der Waals surface area contributed by atoms with Crippen LogP contribution in [0, 0.1) is 13.8 Å². The third-order valence-electron chi connectivity index (χ3n) is 3.02. The van der Waals surface area contributed by atoms with Crippen LogP contribution < -0.4 is 21.5 Å². The van der Waals surface area contributed by atoms with E-state index in [1.54, 1.807) is 0 Å². The smallest absolute Gasteiger partial charge is 0.227 e. The number of pyridine rings is 1. The molecule has 0 radical (unpaired) electrons. The highest BCUT2D eigenvalue weighted by atomic mass is 79.9. The van der Waals surface area contributed by atoms with Crippen LogP contribution in [0.3, 0.4) is 0 Å². The number of ketones is 1. The second-order valence-electron chi connectivity index (χ2n) is 4.19. The number of carbonyl (C=O) groups excluding carboxylic acids is 1. The fourth-order valence-electron chi connectivity index (χ4n) is 1.79. The van der Waals surface area contributed by atoms with Crippen molar-refractivity contribution in [3.8, 4) is 0 Å². The molecule has 0 unspecified atom stereocenters. The zero-order chi connectivity index (χ0) is 12.3. The standard InChI is InChI=1S/C15H16NO.BrH/c1-12-7-6-10-16(13(12)2)11-15(17)14-8-4-3-5-9-14;/h3-10H,11H2,1-2H3;1H/q+1;/p-1. The number of hydrogen-bond donors (Lipinski definition) is 0. The van der Waals surface area contributed by atoms with E-state index in [0.29, 0.717) is 6.54 Å². The van der Waals surface area contributed by atoms with Crippen molar-refractivity contribution in [3.05, 3.63) is 65.5 Å². The molecule has 2 rings (SSSR count). The van der Waals surface area contributed by atoms with Gasteiger partial charge >= 0.3 is 0 Å². The first-order valence-corrected chi connectivity index (χ1v) is 5.72. The summed E-state index contributed by atoms with van der Waals surface area (Å²) in [5, 5.41) is 0. The third-order valence-corrected chi connectivity index (χ3v) is 3.02. The van der Waals surface area contributed by atoms with Crippen LogP contribution >= 0.6 is 0 Å². The molecule has 0 spiro atoms. The normalized spacial score (nSPS) is 9.67. The molecule has 0 saturated carbocycles. The van der Waals surface area contributed by atoms with E-state index in [9.17, 15) is 4.79 Å². The molecule has 1 heterocycles. The monoisotopic (exact) mass is 305 g/mol. The highest BCUT2D eigenvalue weighted by molar-refractivity contribution is 5.94. The van der Waals surface area contributed by atoms with Crippen molar-refractivity contribution in [3.63, 3.8) is 0 Å². The summed E-state index contributed by atoms with van der Waals surface area (Å²) in [7, 11) is 0. The molecule has 0 fully saturated rings. The Labute approximate surface area is 118 Å². The first-order valence-electron chi connectivity index (χ1n) is 5.72. The molecule has 0 amide bonds. The van der Waals surface area contributed by atoms with Gasteiger partial charge in [0.15, 0.2) is 11.9 Å². The van der Waals surface area contributed by atoms with Crippen molar-refractivity contribution in [2.45, 2.75) is 20.4 Å². The number of Topliss-reactive ketones (excluding diaryl/α,β-unsaturated/α-hetero) is 1. The van der Waals surface area contributed by atoms with Gasteiger partial charge in [0.05, 0.1) is 0 Å². The molecular formula is C15H16BrNO. The van der Waals surface area contributed by atoms with Crippen LogP contribution in [0.25, 0.3) is 0 Å². The Balaban J connectivity index is 0.00000162. The van der Waals surface area contributed by atoms with Gasteiger partial charge in [-0.25, -0.2) is 0 Å². The molecule has 1 aromatic heterocycles. The molecule has 1 aromatic carbocycles. The summed E-state index contributed by atoms with van der Waals surface area (Å²) in [6.07, 6.45) is 1.95. The van der Waals surface area contributed by atoms with Crippen LogP contribution in [0.1, 0.15) is 21.6 Å². The largest absolute Gasteiger partial charge is 1.00 e. The van der Waals surface area contributed by atoms with Crippen LogP contribution in [0.2, 0.25) is 0 Å². The average Bonchev–Trinajstić information content (AvgIpc) is 2.36. The number of aromatic nitrogens is 1. The summed E-state index contributed by atoms with van der Waals surface area (Å²) >= 11 is 0. The molecule has 0 aliphatic carbocycles. The van der Waals surface area contributed by atoms with Gasteiger partial charge in [0.2, 0.25) is 12.3 Å². The van der Waals surface area contributed by atoms with E-state index < -0.39 is 0 Å². The van der Waals surface area contributed by atoms with Crippen LogP contribution in [-0.2, 0) is 6.54 Å². The summed E-state index contributed by atoms with van der Waals surface area (Å²) < 4.78 is 1.99. The maximum absolute atomic E-state index is 12.1. The van der Waals surface area contributed by atoms with Crippen molar-refractivity contribution in [2.24, 2.45) is 0 Å². The molecule has 3 heteroatoms. The van der Waals surface area contributed by atoms with Gasteiger partial charge in [-0.05, 0) is 13.0 Å². The SMILES string of the molecule is Cc1ccc[n+](CC(=O)c2ccccc2)c1C.[Br-]. The maximum atomic E-state index is 12.1. The number of hydrogen-bond acceptors (Lipinski definition) is 1. The van der Waals surface area contributed by atoms with Gasteiger partial charge in [0, 0.05) is 24.1 Å². The Kier molecular flexibility index (Phi) is 5.23. The summed E-state index contributed by atoms with van der Waals surface area (Å²) in [4.78, 5) is 12.1. The van der Waals surface area contributed by atoms with Gasteiger partial charge in [0.1, 0.15) is 0 Å². The molecule has 0 N–H and O–H groups in total. The Morgan fingerprint density at radius 3 is 2.39 bits per heavy atom. The number of benzene rings is 1. The van der Waals surface area contributed by atoms with E-state index in [4.69, 9.17) is 0 Å². The molecule has 0 aliphatic rings. The number of aryl methyl sites for hydroxylation is 1. The molecule has 94 valence electrons. The molecular weight excluding hydrogens is 290 g/mol. The van der Waals surface area contributed by atoms with E-state index >= 15 is 0 Å². The molecule has 2 nitrogen and oxygen atoms in total. The van der Waals surface area contributed by atoms with E-state index in [2.05, 4.69) is 13.0 Å². The number of carbonyl (C=O) groups is 1. The maximum Gasteiger partial charge on any atom is 0.227 e. The van der Waals surface area contributed by atoms with E-state index in [1.807, 2.05) is 54.1 Å². The molecule has 0 bridgehead atoms. The van der Waals surface area contributed by atoms with Gasteiger partial charge in [-0.2, -0.15) is 4.57 Å². The Hall–Kier alpha value is -1.48. The first kappa shape index (κ1) is 14.6. The van der Waals surface area contributed by atoms with Gasteiger partial charge in [0.25, 0.3) is 0 Å². The summed E-state index contributed by atoms with van der Waals surface area (Å²) in [5.41, 5.74) is 3.10. The number of halogens is 1. The van der Waals surface area contributed by atoms with Gasteiger partial charge in [-0.1, -0.05) is 30.3 Å². The second-order valence-corrected chi connectivity index (χ2v) is 4.19. The molecule has 0 aliphatic heterocycles. The quantitative estimate of drug-likeness (QED) is 0.552. The molecule has 18 heavy (non-hydrogen) atoms. The lowest BCUT2D eigenvalue weighted by Gasteiger charge is -2.02. The lowest BCUT2D eigenvalue weighted by atomic mass is 10.1. The lowest BCUT2D eigenvalue weighted by molar-refractivity contribution is -0.689. The first-order chi connectivity index (χ1) is 8.18. The Morgan fingerprint density at radius 2 is 1.72 bits per heavy atom. The highest BCUT2D eigenvalue weighted by Crippen LogP contribution is 2.02. The third kappa shape index (κ3) is 3.26. The number of nitrogens with zero attached hydrogens (tertiary/aromatic N) is 1. The van der Waals surface area contributed by atoms with Crippen LogP contribution in [0.5, 0.6) is 0 Å². The predicted molar refractivity (Wildman–Crippen MR) is 66.9 cm³/mol. The van der Waals surface area contributed by atoms with Crippen molar-refractivity contribution in [1.29, 1.82) is 0 Å². The number of rotatable bonds is 3. The van der Waals surface area contributed by atoms with E-state index in [1.165, 1.54) is 5.56 Å². The minimum Gasteiger partial charge on any atom is -1.00 e. The highest BCUT2D eigenvalue weighted by Gasteiger charge is 2.14. The second kappa shape index (κ2) is 6.45.